The Balaban J connectivity index is 2.25. The Kier molecular flexibility index (Phi) is 4.11. The predicted molar refractivity (Wildman–Crippen MR) is 47.5 cm³/mol. The zero-order valence-corrected chi connectivity index (χ0v) is 8.37. The highest BCUT2D eigenvalue weighted by atomic mass is 19.4. The summed E-state index contributed by atoms with van der Waals surface area (Å²) in [5, 5.41) is 20.0. The molecule has 0 bridgehead atoms. The van der Waals surface area contributed by atoms with Crippen molar-refractivity contribution in [2.45, 2.75) is 18.4 Å². The van der Waals surface area contributed by atoms with E-state index in [1.807, 2.05) is 0 Å². The summed E-state index contributed by atoms with van der Waals surface area (Å²) in [6.07, 6.45) is -6.33. The van der Waals surface area contributed by atoms with E-state index in [4.69, 9.17) is 10.2 Å². The Labute approximate surface area is 89.8 Å². The largest absolute Gasteiger partial charge is 0.405 e. The fourth-order valence-corrected chi connectivity index (χ4v) is 1.43. The van der Waals surface area contributed by atoms with Gasteiger partial charge in [0.15, 0.2) is 0 Å². The summed E-state index contributed by atoms with van der Waals surface area (Å²) in [4.78, 5) is 12.4. The summed E-state index contributed by atoms with van der Waals surface area (Å²) in [6, 6.07) is 0. The predicted octanol–water partition coefficient (Wildman–Crippen LogP) is -1.30. The monoisotopic (exact) mass is 242 g/mol. The standard InChI is InChI=1S/C8H13F3N2O3/c9-8(10,11)4-12-7(16)3-13-1-5(14)6(15)2-13/h5-6,14-15H,1-4H2,(H,12,16). The minimum absolute atomic E-state index is 0.0839. The van der Waals surface area contributed by atoms with Crippen LogP contribution in [0.5, 0.6) is 0 Å². The number of amides is 1. The number of hydrogen-bond donors (Lipinski definition) is 3. The summed E-state index contributed by atoms with van der Waals surface area (Å²) in [6.45, 7) is -1.46. The molecule has 1 aliphatic rings. The number of β-amino-alcohol motifs (C(OH)–C–C–N with tert-alkyl or cyclic N) is 2. The Morgan fingerprint density at radius 2 is 1.81 bits per heavy atom. The number of carbonyl (C=O) groups excluding carboxylic acids is 1. The van der Waals surface area contributed by atoms with Crippen LogP contribution in [0.15, 0.2) is 0 Å². The van der Waals surface area contributed by atoms with Gasteiger partial charge in [-0.05, 0) is 0 Å². The normalized spacial score (nSPS) is 27.1. The summed E-state index contributed by atoms with van der Waals surface area (Å²) < 4.78 is 35.2. The molecule has 0 aromatic carbocycles. The quantitative estimate of drug-likeness (QED) is 0.575. The van der Waals surface area contributed by atoms with E-state index in [2.05, 4.69) is 0 Å². The number of halogens is 3. The first-order valence-corrected chi connectivity index (χ1v) is 4.70. The van der Waals surface area contributed by atoms with Crippen molar-refractivity contribution in [2.75, 3.05) is 26.2 Å². The van der Waals surface area contributed by atoms with Gasteiger partial charge in [-0.3, -0.25) is 9.69 Å². The first-order chi connectivity index (χ1) is 7.28. The molecule has 1 heterocycles. The molecule has 0 aromatic heterocycles. The van der Waals surface area contributed by atoms with Crippen LogP contribution in [0.1, 0.15) is 0 Å². The Morgan fingerprint density at radius 3 is 2.25 bits per heavy atom. The first-order valence-electron chi connectivity index (χ1n) is 4.70. The van der Waals surface area contributed by atoms with E-state index in [9.17, 15) is 18.0 Å². The van der Waals surface area contributed by atoms with Gasteiger partial charge in [0.1, 0.15) is 6.54 Å². The molecule has 94 valence electrons. The van der Waals surface area contributed by atoms with E-state index in [1.165, 1.54) is 4.90 Å². The summed E-state index contributed by atoms with van der Waals surface area (Å²) >= 11 is 0. The minimum atomic E-state index is -4.43. The third-order valence-electron chi connectivity index (χ3n) is 2.19. The average molecular weight is 242 g/mol. The third kappa shape index (κ3) is 4.33. The zero-order valence-electron chi connectivity index (χ0n) is 8.37. The van der Waals surface area contributed by atoms with Gasteiger partial charge in [-0.25, -0.2) is 0 Å². The number of hydrogen-bond acceptors (Lipinski definition) is 4. The molecule has 1 rings (SSSR count). The average Bonchev–Trinajstić information content (AvgIpc) is 2.41. The topological polar surface area (TPSA) is 72.8 Å². The summed E-state index contributed by atoms with van der Waals surface area (Å²) in [5.41, 5.74) is 0. The first kappa shape index (κ1) is 13.2. The highest BCUT2D eigenvalue weighted by Crippen LogP contribution is 2.12. The van der Waals surface area contributed by atoms with Gasteiger partial charge in [0.25, 0.3) is 0 Å². The van der Waals surface area contributed by atoms with E-state index in [-0.39, 0.29) is 19.6 Å². The fourth-order valence-electron chi connectivity index (χ4n) is 1.43. The molecular formula is C8H13F3N2O3. The molecule has 5 nitrogen and oxygen atoms in total. The maximum Gasteiger partial charge on any atom is 0.405 e. The molecule has 2 unspecified atom stereocenters. The van der Waals surface area contributed by atoms with E-state index < -0.39 is 30.8 Å². The second-order valence-corrected chi connectivity index (χ2v) is 3.72. The molecule has 0 aliphatic carbocycles. The molecule has 8 heteroatoms. The van der Waals surface area contributed by atoms with Crippen LogP contribution in [0, 0.1) is 0 Å². The second kappa shape index (κ2) is 4.98. The van der Waals surface area contributed by atoms with E-state index in [0.717, 1.165) is 0 Å². The number of rotatable bonds is 3. The smallest absolute Gasteiger partial charge is 0.389 e. The van der Waals surface area contributed by atoms with Crippen molar-refractivity contribution in [3.05, 3.63) is 0 Å². The van der Waals surface area contributed by atoms with Crippen LogP contribution < -0.4 is 5.32 Å². The van der Waals surface area contributed by atoms with Crippen LogP contribution in [-0.4, -0.2) is 65.6 Å². The Hall–Kier alpha value is -0.860. The van der Waals surface area contributed by atoms with Crippen LogP contribution >= 0.6 is 0 Å². The highest BCUT2D eigenvalue weighted by Gasteiger charge is 2.32. The van der Waals surface area contributed by atoms with E-state index in [1.54, 1.807) is 5.32 Å². The molecule has 1 fully saturated rings. The van der Waals surface area contributed by atoms with E-state index >= 15 is 0 Å². The molecule has 0 saturated carbocycles. The Bertz CT molecular complexity index is 249. The van der Waals surface area contributed by atoms with Crippen molar-refractivity contribution in [3.63, 3.8) is 0 Å². The highest BCUT2D eigenvalue weighted by molar-refractivity contribution is 5.78. The van der Waals surface area contributed by atoms with Gasteiger partial charge in [0.2, 0.25) is 5.91 Å². The molecule has 1 aliphatic heterocycles. The maximum atomic E-state index is 11.7. The molecule has 0 radical (unpaired) electrons. The lowest BCUT2D eigenvalue weighted by atomic mass is 10.3. The van der Waals surface area contributed by atoms with Gasteiger partial charge in [-0.15, -0.1) is 0 Å². The van der Waals surface area contributed by atoms with Gasteiger partial charge < -0.3 is 15.5 Å². The minimum Gasteiger partial charge on any atom is -0.389 e. The van der Waals surface area contributed by atoms with Crippen molar-refractivity contribution >= 4 is 5.91 Å². The van der Waals surface area contributed by atoms with Crippen LogP contribution in [0.3, 0.4) is 0 Å². The van der Waals surface area contributed by atoms with Gasteiger partial charge in [0, 0.05) is 13.1 Å². The number of nitrogens with one attached hydrogen (secondary N) is 1. The lowest BCUT2D eigenvalue weighted by molar-refractivity contribution is -0.139. The zero-order chi connectivity index (χ0) is 12.3. The summed E-state index contributed by atoms with van der Waals surface area (Å²) in [5.74, 6) is -0.779. The van der Waals surface area contributed by atoms with Gasteiger partial charge in [-0.2, -0.15) is 13.2 Å². The molecule has 0 spiro atoms. The number of alkyl halides is 3. The van der Waals surface area contributed by atoms with Crippen LogP contribution in [-0.2, 0) is 4.79 Å². The van der Waals surface area contributed by atoms with Gasteiger partial charge in [0.05, 0.1) is 18.8 Å². The lowest BCUT2D eigenvalue weighted by Crippen LogP contribution is -2.40. The van der Waals surface area contributed by atoms with Crippen LogP contribution in [0.25, 0.3) is 0 Å². The van der Waals surface area contributed by atoms with Crippen molar-refractivity contribution in [2.24, 2.45) is 0 Å². The lowest BCUT2D eigenvalue weighted by Gasteiger charge is -2.14. The molecule has 3 N–H and O–H groups in total. The molecule has 1 saturated heterocycles. The fraction of sp³-hybridized carbons (Fsp3) is 0.875. The number of nitrogens with zero attached hydrogens (tertiary/aromatic N) is 1. The SMILES string of the molecule is O=C(CN1CC(O)C(O)C1)NCC(F)(F)F. The van der Waals surface area contributed by atoms with Crippen LogP contribution in [0.2, 0.25) is 0 Å². The molecule has 1 amide bonds. The Morgan fingerprint density at radius 1 is 1.31 bits per heavy atom. The number of likely N-dealkylation sites (tertiary alicyclic amines) is 1. The van der Waals surface area contributed by atoms with Gasteiger partial charge >= 0.3 is 6.18 Å². The number of carbonyl (C=O) groups is 1. The van der Waals surface area contributed by atoms with Crippen molar-refractivity contribution < 1.29 is 28.2 Å². The van der Waals surface area contributed by atoms with Crippen molar-refractivity contribution in [1.82, 2.24) is 10.2 Å². The summed E-state index contributed by atoms with van der Waals surface area (Å²) in [7, 11) is 0. The second-order valence-electron chi connectivity index (χ2n) is 3.72. The number of aliphatic hydroxyl groups is 2. The maximum absolute atomic E-state index is 11.7. The van der Waals surface area contributed by atoms with Crippen molar-refractivity contribution in [3.8, 4) is 0 Å². The van der Waals surface area contributed by atoms with Gasteiger partial charge in [-0.1, -0.05) is 0 Å². The number of aliphatic hydroxyl groups excluding tert-OH is 2. The van der Waals surface area contributed by atoms with Crippen LogP contribution in [0.4, 0.5) is 13.2 Å². The molecule has 2 atom stereocenters. The third-order valence-corrected chi connectivity index (χ3v) is 2.19. The van der Waals surface area contributed by atoms with E-state index in [0.29, 0.717) is 0 Å². The van der Waals surface area contributed by atoms with Crippen molar-refractivity contribution in [1.29, 1.82) is 0 Å². The molecular weight excluding hydrogens is 229 g/mol. The molecule has 16 heavy (non-hydrogen) atoms. The molecule has 0 aromatic rings.